The van der Waals surface area contributed by atoms with E-state index in [1.807, 2.05) is 0 Å². The highest BCUT2D eigenvalue weighted by Gasteiger charge is 2.54. The molecule has 0 radical (unpaired) electrons. The van der Waals surface area contributed by atoms with E-state index in [4.69, 9.17) is 0 Å². The molecule has 2 unspecified atom stereocenters. The number of carboxylic acid groups (broad SMARTS) is 2. The first-order valence-corrected chi connectivity index (χ1v) is 11.8. The first kappa shape index (κ1) is 23.6. The van der Waals surface area contributed by atoms with Crippen LogP contribution in [0, 0.1) is 0 Å². The van der Waals surface area contributed by atoms with Gasteiger partial charge in [0, 0.05) is 18.6 Å². The molecule has 0 bridgehead atoms. The molecule has 13 nitrogen and oxygen atoms in total. The van der Waals surface area contributed by atoms with Gasteiger partial charge in [-0.25, -0.2) is 9.48 Å². The van der Waals surface area contributed by atoms with Crippen molar-refractivity contribution in [2.45, 2.75) is 22.5 Å². The number of aliphatic carboxylic acids is 2. The van der Waals surface area contributed by atoms with Crippen molar-refractivity contribution in [2.75, 3.05) is 11.5 Å². The zero-order chi connectivity index (χ0) is 24.6. The number of aromatic hydroxyl groups is 1. The standard InChI is InChI=1S/C19H18N6O7S2/c1-24-19(21-22-23-24)34-7-9-6-33-16-12(15(28)25(16)13(9)18(31)32)20-14(27)11(17(29)30)8-2-4-10(26)5-3-8/h2-5,11-12,16,26H,6-7H2,1H3,(H,20,27)(H,29,30)(H,31,32)/t11?,12-,16?/m1/s1. The molecule has 15 heteroatoms. The maximum absolute atomic E-state index is 12.8. The number of hydrogen-bond donors (Lipinski definition) is 4. The van der Waals surface area contributed by atoms with Gasteiger partial charge in [0.15, 0.2) is 5.92 Å². The second-order valence-electron chi connectivity index (χ2n) is 7.39. The van der Waals surface area contributed by atoms with E-state index in [-0.39, 0.29) is 22.8 Å². The highest BCUT2D eigenvalue weighted by molar-refractivity contribution is 8.01. The number of aromatic nitrogens is 4. The van der Waals surface area contributed by atoms with Gasteiger partial charge in [-0.3, -0.25) is 19.3 Å². The number of β-lactam (4-membered cyclic amide) rings is 1. The van der Waals surface area contributed by atoms with E-state index in [1.54, 1.807) is 7.05 Å². The van der Waals surface area contributed by atoms with Crippen LogP contribution < -0.4 is 5.32 Å². The Morgan fingerprint density at radius 1 is 1.26 bits per heavy atom. The van der Waals surface area contributed by atoms with Crippen LogP contribution >= 0.6 is 23.5 Å². The highest BCUT2D eigenvalue weighted by atomic mass is 32.2. The fourth-order valence-electron chi connectivity index (χ4n) is 3.60. The van der Waals surface area contributed by atoms with Gasteiger partial charge in [0.2, 0.25) is 11.1 Å². The minimum Gasteiger partial charge on any atom is -0.508 e. The van der Waals surface area contributed by atoms with E-state index < -0.39 is 41.1 Å². The van der Waals surface area contributed by atoms with Gasteiger partial charge >= 0.3 is 11.9 Å². The summed E-state index contributed by atoms with van der Waals surface area (Å²) in [5, 5.41) is 42.0. The molecule has 2 amide bonds. The van der Waals surface area contributed by atoms with E-state index in [0.717, 1.165) is 4.90 Å². The van der Waals surface area contributed by atoms with Crippen molar-refractivity contribution < 1.29 is 34.5 Å². The van der Waals surface area contributed by atoms with Crippen molar-refractivity contribution in [2.24, 2.45) is 7.05 Å². The van der Waals surface area contributed by atoms with Crippen LogP contribution in [0.3, 0.4) is 0 Å². The number of tetrazole rings is 1. The molecule has 1 aromatic carbocycles. The molecule has 2 aliphatic rings. The van der Waals surface area contributed by atoms with E-state index in [2.05, 4.69) is 20.8 Å². The molecule has 1 aromatic heterocycles. The minimum atomic E-state index is -1.60. The Morgan fingerprint density at radius 3 is 2.56 bits per heavy atom. The highest BCUT2D eigenvalue weighted by Crippen LogP contribution is 2.41. The number of nitrogens with zero attached hydrogens (tertiary/aromatic N) is 5. The monoisotopic (exact) mass is 506 g/mol. The lowest BCUT2D eigenvalue weighted by Gasteiger charge is -2.49. The number of amides is 2. The summed E-state index contributed by atoms with van der Waals surface area (Å²) in [4.78, 5) is 50.4. The largest absolute Gasteiger partial charge is 0.508 e. The summed E-state index contributed by atoms with van der Waals surface area (Å²) in [6.07, 6.45) is 0. The van der Waals surface area contributed by atoms with Gasteiger partial charge in [-0.1, -0.05) is 23.9 Å². The third kappa shape index (κ3) is 4.31. The number of carbonyl (C=O) groups excluding carboxylic acids is 2. The topological polar surface area (TPSA) is 188 Å². The zero-order valence-corrected chi connectivity index (χ0v) is 19.1. The first-order valence-electron chi connectivity index (χ1n) is 9.76. The van der Waals surface area contributed by atoms with Gasteiger partial charge in [0.05, 0.1) is 0 Å². The second-order valence-corrected chi connectivity index (χ2v) is 9.44. The summed E-state index contributed by atoms with van der Waals surface area (Å²) in [6, 6.07) is 4.06. The average Bonchev–Trinajstić information content (AvgIpc) is 3.21. The van der Waals surface area contributed by atoms with E-state index in [1.165, 1.54) is 52.5 Å². The Kier molecular flexibility index (Phi) is 6.47. The van der Waals surface area contributed by atoms with Crippen LogP contribution in [-0.2, 0) is 26.2 Å². The maximum atomic E-state index is 12.8. The van der Waals surface area contributed by atoms with Crippen LogP contribution in [0.2, 0.25) is 0 Å². The quantitative estimate of drug-likeness (QED) is 0.207. The number of carbonyl (C=O) groups is 4. The first-order chi connectivity index (χ1) is 16.2. The molecule has 4 N–H and O–H groups in total. The van der Waals surface area contributed by atoms with Crippen LogP contribution in [0.5, 0.6) is 5.75 Å². The number of fused-ring (bicyclic) bond motifs is 1. The fourth-order valence-corrected chi connectivity index (χ4v) is 5.93. The molecule has 1 fully saturated rings. The van der Waals surface area contributed by atoms with Crippen molar-refractivity contribution in [3.8, 4) is 5.75 Å². The number of rotatable bonds is 8. The number of carboxylic acids is 2. The lowest BCUT2D eigenvalue weighted by molar-refractivity contribution is -0.152. The summed E-state index contributed by atoms with van der Waals surface area (Å²) < 4.78 is 1.44. The number of aryl methyl sites for hydroxylation is 1. The van der Waals surface area contributed by atoms with Crippen molar-refractivity contribution in [3.63, 3.8) is 0 Å². The van der Waals surface area contributed by atoms with Crippen LogP contribution in [0.1, 0.15) is 11.5 Å². The van der Waals surface area contributed by atoms with Gasteiger partial charge in [-0.2, -0.15) is 0 Å². The molecule has 1 saturated heterocycles. The van der Waals surface area contributed by atoms with Crippen molar-refractivity contribution in [1.29, 1.82) is 0 Å². The molecule has 4 rings (SSSR count). The van der Waals surface area contributed by atoms with E-state index in [9.17, 15) is 34.5 Å². The Hall–Kier alpha value is -3.59. The predicted octanol–water partition coefficient (Wildman–Crippen LogP) is -0.385. The molecule has 0 spiro atoms. The van der Waals surface area contributed by atoms with Crippen molar-refractivity contribution >= 4 is 47.3 Å². The summed E-state index contributed by atoms with van der Waals surface area (Å²) in [5.41, 5.74) is 0.481. The number of thioether (sulfide) groups is 2. The molecular weight excluding hydrogens is 488 g/mol. The Morgan fingerprint density at radius 2 is 1.97 bits per heavy atom. The van der Waals surface area contributed by atoms with Crippen LogP contribution in [0.15, 0.2) is 40.7 Å². The molecule has 178 valence electrons. The van der Waals surface area contributed by atoms with Gasteiger partial charge in [-0.15, -0.1) is 16.9 Å². The molecule has 0 saturated carbocycles. The predicted molar refractivity (Wildman–Crippen MR) is 118 cm³/mol. The summed E-state index contributed by atoms with van der Waals surface area (Å²) in [6.45, 7) is 0. The van der Waals surface area contributed by atoms with E-state index in [0.29, 0.717) is 16.5 Å². The van der Waals surface area contributed by atoms with Crippen molar-refractivity contribution in [3.05, 3.63) is 41.1 Å². The molecule has 34 heavy (non-hydrogen) atoms. The third-order valence-corrected chi connectivity index (χ3v) is 7.68. The smallest absolute Gasteiger partial charge is 0.352 e. The van der Waals surface area contributed by atoms with Crippen LogP contribution in [0.25, 0.3) is 0 Å². The lowest BCUT2D eigenvalue weighted by atomic mass is 9.96. The van der Waals surface area contributed by atoms with Crippen molar-refractivity contribution in [1.82, 2.24) is 30.4 Å². The third-order valence-electron chi connectivity index (χ3n) is 5.24. The molecule has 3 atom stereocenters. The molecule has 2 aliphatic heterocycles. The second kappa shape index (κ2) is 9.34. The van der Waals surface area contributed by atoms with Gasteiger partial charge in [-0.05, 0) is 33.7 Å². The molecule has 2 aromatic rings. The normalized spacial score (nSPS) is 20.4. The maximum Gasteiger partial charge on any atom is 0.352 e. The number of nitrogens with one attached hydrogen (secondary N) is 1. The number of phenols is 1. The summed E-state index contributed by atoms with van der Waals surface area (Å²) in [5.74, 6) is -5.39. The Bertz CT molecular complexity index is 1200. The SMILES string of the molecule is Cn1nnnc1SCC1=C(C(=O)O)N2C(=O)[C@@H](NC(=O)C(C(=O)O)c3ccc(O)cc3)C2SC1. The lowest BCUT2D eigenvalue weighted by Crippen LogP contribution is -2.71. The summed E-state index contributed by atoms with van der Waals surface area (Å²) >= 11 is 2.50. The number of hydrogen-bond acceptors (Lipinski definition) is 10. The van der Waals surface area contributed by atoms with E-state index >= 15 is 0 Å². The Balaban J connectivity index is 1.49. The van der Waals surface area contributed by atoms with Gasteiger partial charge in [0.25, 0.3) is 5.91 Å². The zero-order valence-electron chi connectivity index (χ0n) is 17.5. The molecule has 3 heterocycles. The van der Waals surface area contributed by atoms with Gasteiger partial charge < -0.3 is 20.6 Å². The molecular formula is C19H18N6O7S2. The number of benzene rings is 1. The summed E-state index contributed by atoms with van der Waals surface area (Å²) in [7, 11) is 1.65. The minimum absolute atomic E-state index is 0.0888. The average molecular weight is 507 g/mol. The number of phenolic OH excluding ortho intramolecular Hbond substituents is 1. The van der Waals surface area contributed by atoms with Crippen LogP contribution in [0.4, 0.5) is 0 Å². The van der Waals surface area contributed by atoms with Gasteiger partial charge in [0.1, 0.15) is 22.9 Å². The van der Waals surface area contributed by atoms with Crippen LogP contribution in [-0.4, -0.2) is 87.1 Å². The fraction of sp³-hybridized carbons (Fsp3) is 0.316. The molecule has 0 aliphatic carbocycles. The Labute approximate surface area is 200 Å².